The summed E-state index contributed by atoms with van der Waals surface area (Å²) < 4.78 is 5.08. The third-order valence-electron chi connectivity index (χ3n) is 6.76. The summed E-state index contributed by atoms with van der Waals surface area (Å²) in [6.07, 6.45) is 1.78. The molecule has 3 fully saturated rings. The van der Waals surface area contributed by atoms with E-state index in [4.69, 9.17) is 4.74 Å². The molecular formula is C20H23N3O4. The molecule has 0 aliphatic carbocycles. The summed E-state index contributed by atoms with van der Waals surface area (Å²) in [6.45, 7) is 3.26. The van der Waals surface area contributed by atoms with Crippen LogP contribution in [0.15, 0.2) is 18.2 Å². The second-order valence-electron chi connectivity index (χ2n) is 8.00. The molecule has 4 atom stereocenters. The quantitative estimate of drug-likeness (QED) is 0.800. The van der Waals surface area contributed by atoms with Crippen molar-refractivity contribution in [3.05, 3.63) is 29.3 Å². The number of benzene rings is 1. The van der Waals surface area contributed by atoms with Gasteiger partial charge in [-0.05, 0) is 32.4 Å². The number of ether oxygens (including phenoxy) is 1. The summed E-state index contributed by atoms with van der Waals surface area (Å²) in [4.78, 5) is 43.4. The fourth-order valence-corrected chi connectivity index (χ4v) is 5.78. The maximum Gasteiger partial charge on any atom is 0.250 e. The molecule has 3 saturated heterocycles. The molecule has 0 saturated carbocycles. The van der Waals surface area contributed by atoms with Gasteiger partial charge in [0.1, 0.15) is 5.54 Å². The Bertz CT molecular complexity index is 869. The molecule has 27 heavy (non-hydrogen) atoms. The minimum Gasteiger partial charge on any atom is -0.383 e. The van der Waals surface area contributed by atoms with E-state index in [-0.39, 0.29) is 30.3 Å². The van der Waals surface area contributed by atoms with Gasteiger partial charge in [-0.1, -0.05) is 17.7 Å². The van der Waals surface area contributed by atoms with Gasteiger partial charge < -0.3 is 10.1 Å². The van der Waals surface area contributed by atoms with E-state index in [1.54, 1.807) is 7.11 Å². The van der Waals surface area contributed by atoms with Gasteiger partial charge in [0, 0.05) is 24.4 Å². The van der Waals surface area contributed by atoms with Crippen LogP contribution in [0.1, 0.15) is 24.0 Å². The first-order valence-electron chi connectivity index (χ1n) is 9.55. The van der Waals surface area contributed by atoms with Gasteiger partial charge in [0.15, 0.2) is 0 Å². The molecular weight excluding hydrogens is 346 g/mol. The van der Waals surface area contributed by atoms with E-state index in [1.165, 1.54) is 4.90 Å². The van der Waals surface area contributed by atoms with Gasteiger partial charge >= 0.3 is 0 Å². The van der Waals surface area contributed by atoms with Crippen LogP contribution in [0.4, 0.5) is 5.69 Å². The maximum atomic E-state index is 13.4. The van der Waals surface area contributed by atoms with E-state index in [9.17, 15) is 14.4 Å². The molecule has 7 nitrogen and oxygen atoms in total. The number of carbonyl (C=O) groups excluding carboxylic acids is 3. The lowest BCUT2D eigenvalue weighted by Crippen LogP contribution is -2.54. The third-order valence-corrected chi connectivity index (χ3v) is 6.76. The molecule has 4 aliphatic heterocycles. The summed E-state index contributed by atoms with van der Waals surface area (Å²) in [5.41, 5.74) is 1.58. The first kappa shape index (κ1) is 16.9. The SMILES string of the molecule is COCCN1C(=O)[C@H]2C3CCCN3C3(C(=O)Nc4ccc(C)cc43)[C@H]2C1=O. The van der Waals surface area contributed by atoms with Gasteiger partial charge in [0.2, 0.25) is 17.7 Å². The maximum absolute atomic E-state index is 13.4. The second-order valence-corrected chi connectivity index (χ2v) is 8.00. The highest BCUT2D eigenvalue weighted by Crippen LogP contribution is 2.60. The zero-order valence-electron chi connectivity index (χ0n) is 15.5. The molecule has 7 heteroatoms. The number of hydrogen-bond donors (Lipinski definition) is 1. The average molecular weight is 369 g/mol. The number of rotatable bonds is 3. The number of methoxy groups -OCH3 is 1. The van der Waals surface area contributed by atoms with E-state index >= 15 is 0 Å². The Balaban J connectivity index is 1.69. The molecule has 4 heterocycles. The molecule has 1 N–H and O–H groups in total. The fraction of sp³-hybridized carbons (Fsp3) is 0.550. The van der Waals surface area contributed by atoms with Crippen molar-refractivity contribution >= 4 is 23.4 Å². The van der Waals surface area contributed by atoms with E-state index < -0.39 is 17.4 Å². The predicted molar refractivity (Wildman–Crippen MR) is 96.8 cm³/mol. The molecule has 0 aromatic heterocycles. The van der Waals surface area contributed by atoms with Crippen LogP contribution in [-0.2, 0) is 24.7 Å². The number of imide groups is 1. The van der Waals surface area contributed by atoms with Crippen molar-refractivity contribution < 1.29 is 19.1 Å². The lowest BCUT2D eigenvalue weighted by molar-refractivity contribution is -0.146. The highest BCUT2D eigenvalue weighted by Gasteiger charge is 2.74. The number of anilines is 1. The van der Waals surface area contributed by atoms with Crippen LogP contribution >= 0.6 is 0 Å². The topological polar surface area (TPSA) is 79.0 Å². The van der Waals surface area contributed by atoms with Crippen LogP contribution < -0.4 is 5.32 Å². The highest BCUT2D eigenvalue weighted by molar-refractivity contribution is 6.15. The van der Waals surface area contributed by atoms with E-state index in [0.29, 0.717) is 6.61 Å². The molecule has 142 valence electrons. The predicted octanol–water partition coefficient (Wildman–Crippen LogP) is 0.868. The molecule has 1 aromatic rings. The molecule has 2 unspecified atom stereocenters. The Hall–Kier alpha value is -2.25. The fourth-order valence-electron chi connectivity index (χ4n) is 5.78. The highest BCUT2D eigenvalue weighted by atomic mass is 16.5. The minimum absolute atomic E-state index is 0.0591. The van der Waals surface area contributed by atoms with Crippen LogP contribution in [0.25, 0.3) is 0 Å². The van der Waals surface area contributed by atoms with Crippen molar-refractivity contribution in [3.8, 4) is 0 Å². The van der Waals surface area contributed by atoms with Gasteiger partial charge in [-0.15, -0.1) is 0 Å². The van der Waals surface area contributed by atoms with Crippen molar-refractivity contribution in [2.45, 2.75) is 31.3 Å². The first-order valence-corrected chi connectivity index (χ1v) is 9.55. The van der Waals surface area contributed by atoms with Gasteiger partial charge in [-0.2, -0.15) is 0 Å². The smallest absolute Gasteiger partial charge is 0.250 e. The molecule has 0 bridgehead atoms. The minimum atomic E-state index is -1.07. The van der Waals surface area contributed by atoms with Crippen LogP contribution in [0.5, 0.6) is 0 Å². The van der Waals surface area contributed by atoms with Crippen LogP contribution in [0, 0.1) is 18.8 Å². The molecule has 0 radical (unpaired) electrons. The Labute approximate surface area is 157 Å². The summed E-state index contributed by atoms with van der Waals surface area (Å²) in [6, 6.07) is 5.80. The molecule has 5 rings (SSSR count). The number of likely N-dealkylation sites (tertiary alicyclic amines) is 1. The Kier molecular flexibility index (Phi) is 3.52. The monoisotopic (exact) mass is 369 g/mol. The van der Waals surface area contributed by atoms with Crippen LogP contribution in [0.2, 0.25) is 0 Å². The molecule has 3 amide bonds. The summed E-state index contributed by atoms with van der Waals surface area (Å²) in [5, 5.41) is 2.99. The average Bonchev–Trinajstić information content (AvgIpc) is 3.33. The number of aryl methyl sites for hydroxylation is 1. The Morgan fingerprint density at radius 3 is 2.85 bits per heavy atom. The number of fused-ring (bicyclic) bond motifs is 7. The normalized spacial score (nSPS) is 34.4. The van der Waals surface area contributed by atoms with Crippen LogP contribution in [0.3, 0.4) is 0 Å². The zero-order valence-corrected chi connectivity index (χ0v) is 15.5. The van der Waals surface area contributed by atoms with Gasteiger partial charge in [-0.25, -0.2) is 0 Å². The van der Waals surface area contributed by atoms with E-state index in [0.717, 1.165) is 36.2 Å². The Morgan fingerprint density at radius 2 is 2.07 bits per heavy atom. The summed E-state index contributed by atoms with van der Waals surface area (Å²) in [5.74, 6) is -1.66. The number of amides is 3. The number of nitrogens with zero attached hydrogens (tertiary/aromatic N) is 2. The Morgan fingerprint density at radius 1 is 1.26 bits per heavy atom. The van der Waals surface area contributed by atoms with Gasteiger partial charge in [0.05, 0.1) is 25.0 Å². The van der Waals surface area contributed by atoms with E-state index in [1.807, 2.05) is 25.1 Å². The van der Waals surface area contributed by atoms with Crippen molar-refractivity contribution in [3.63, 3.8) is 0 Å². The molecule has 4 aliphatic rings. The first-order chi connectivity index (χ1) is 13.0. The zero-order chi connectivity index (χ0) is 18.9. The lowest BCUT2D eigenvalue weighted by atomic mass is 9.75. The van der Waals surface area contributed by atoms with Crippen molar-refractivity contribution in [1.82, 2.24) is 9.80 Å². The van der Waals surface area contributed by atoms with Crippen molar-refractivity contribution in [2.24, 2.45) is 11.8 Å². The van der Waals surface area contributed by atoms with Gasteiger partial charge in [-0.3, -0.25) is 24.2 Å². The van der Waals surface area contributed by atoms with E-state index in [2.05, 4.69) is 10.2 Å². The molecule has 1 spiro atoms. The van der Waals surface area contributed by atoms with Crippen molar-refractivity contribution in [1.29, 1.82) is 0 Å². The number of hydrogen-bond acceptors (Lipinski definition) is 5. The largest absolute Gasteiger partial charge is 0.383 e. The summed E-state index contributed by atoms with van der Waals surface area (Å²) in [7, 11) is 1.55. The van der Waals surface area contributed by atoms with Crippen molar-refractivity contribution in [2.75, 3.05) is 32.1 Å². The number of carbonyl (C=O) groups is 3. The summed E-state index contributed by atoms with van der Waals surface area (Å²) >= 11 is 0. The van der Waals surface area contributed by atoms with Gasteiger partial charge in [0.25, 0.3) is 0 Å². The second kappa shape index (κ2) is 5.62. The van der Waals surface area contributed by atoms with Crippen LogP contribution in [-0.4, -0.2) is 60.4 Å². The standard InChI is InChI=1S/C20H23N3O4/c1-11-5-6-13-12(10-11)20(19(26)21-13)16-15(14-4-3-7-23(14)20)17(24)22(18(16)25)8-9-27-2/h5-6,10,14-16H,3-4,7-9H2,1-2H3,(H,21,26)/t14?,15-,16+,20?/m0/s1. The number of nitrogens with one attached hydrogen (secondary N) is 1. The molecule has 1 aromatic carbocycles. The third kappa shape index (κ3) is 1.91. The lowest BCUT2D eigenvalue weighted by Gasteiger charge is -2.36.